The Morgan fingerprint density at radius 2 is 2.00 bits per heavy atom. The van der Waals surface area contributed by atoms with Gasteiger partial charge in [0.2, 0.25) is 0 Å². The van der Waals surface area contributed by atoms with Crippen LogP contribution in [0, 0.1) is 5.92 Å². The molecule has 2 aliphatic rings. The predicted octanol–water partition coefficient (Wildman–Crippen LogP) is 1.69. The number of hydrogen-bond acceptors (Lipinski definition) is 3. The van der Waals surface area contributed by atoms with Crippen LogP contribution in [0.2, 0.25) is 0 Å². The van der Waals surface area contributed by atoms with E-state index in [2.05, 4.69) is 0 Å². The van der Waals surface area contributed by atoms with Crippen molar-refractivity contribution in [2.24, 2.45) is 5.92 Å². The lowest BCUT2D eigenvalue weighted by Crippen LogP contribution is -2.19. The fourth-order valence-corrected chi connectivity index (χ4v) is 3.24. The number of epoxide rings is 1. The van der Waals surface area contributed by atoms with Crippen molar-refractivity contribution in [2.45, 2.75) is 37.9 Å². The van der Waals surface area contributed by atoms with Gasteiger partial charge < -0.3 is 4.74 Å². The first kappa shape index (κ1) is 10.7. The first-order valence-corrected chi connectivity index (χ1v) is 6.53. The third-order valence-corrected chi connectivity index (χ3v) is 4.49. The normalized spacial score (nSPS) is 35.8. The Morgan fingerprint density at radius 3 is 2.64 bits per heavy atom. The minimum Gasteiger partial charge on any atom is -0.370 e. The summed E-state index contributed by atoms with van der Waals surface area (Å²) < 4.78 is 15.9. The molecule has 1 saturated heterocycles. The van der Waals surface area contributed by atoms with Gasteiger partial charge in [0.25, 0.3) is 0 Å². The monoisotopic (exact) mass is 219 g/mol. The van der Waals surface area contributed by atoms with E-state index in [1.807, 2.05) is 0 Å². The zero-order chi connectivity index (χ0) is 9.97. The molecule has 0 amide bonds. The standard InChI is InChI=1S/C10H19O3S/c1-11-14(12-2)6-5-8-3-4-9-10(7-8)13-9/h8-10H,3-7H2,1-2H3/q+1. The minimum atomic E-state index is -0.279. The number of ether oxygens (including phenoxy) is 1. The van der Waals surface area contributed by atoms with Crippen molar-refractivity contribution >= 4 is 11.5 Å². The van der Waals surface area contributed by atoms with Crippen LogP contribution in [0.4, 0.5) is 0 Å². The molecule has 2 fully saturated rings. The second kappa shape index (κ2) is 4.84. The first-order valence-electron chi connectivity index (χ1n) is 5.28. The van der Waals surface area contributed by atoms with E-state index in [4.69, 9.17) is 13.1 Å². The molecule has 2 rings (SSSR count). The number of fused-ring (bicyclic) bond motifs is 1. The number of hydrogen-bond donors (Lipinski definition) is 0. The van der Waals surface area contributed by atoms with Gasteiger partial charge in [-0.1, -0.05) is 0 Å². The lowest BCUT2D eigenvalue weighted by molar-refractivity contribution is 0.339. The van der Waals surface area contributed by atoms with E-state index in [1.54, 1.807) is 14.2 Å². The van der Waals surface area contributed by atoms with Gasteiger partial charge in [0.1, 0.15) is 0 Å². The summed E-state index contributed by atoms with van der Waals surface area (Å²) in [6.45, 7) is 0. The second-order valence-electron chi connectivity index (χ2n) is 4.02. The predicted molar refractivity (Wildman–Crippen MR) is 56.9 cm³/mol. The molecule has 0 aromatic carbocycles. The highest BCUT2D eigenvalue weighted by Gasteiger charge is 2.44. The molecule has 82 valence electrons. The Bertz CT molecular complexity index is 184. The average molecular weight is 219 g/mol. The number of rotatable bonds is 5. The van der Waals surface area contributed by atoms with Crippen LogP contribution < -0.4 is 0 Å². The molecule has 1 aliphatic carbocycles. The molecule has 3 nitrogen and oxygen atoms in total. The highest BCUT2D eigenvalue weighted by molar-refractivity contribution is 7.87. The van der Waals surface area contributed by atoms with Crippen LogP contribution >= 0.6 is 0 Å². The topological polar surface area (TPSA) is 31.0 Å². The van der Waals surface area contributed by atoms with Crippen molar-refractivity contribution in [1.29, 1.82) is 0 Å². The molecule has 0 bridgehead atoms. The third-order valence-electron chi connectivity index (χ3n) is 3.18. The van der Waals surface area contributed by atoms with Gasteiger partial charge in [-0.05, 0) is 25.2 Å². The highest BCUT2D eigenvalue weighted by Crippen LogP contribution is 2.40. The van der Waals surface area contributed by atoms with Gasteiger partial charge in [0, 0.05) is 6.42 Å². The Kier molecular flexibility index (Phi) is 3.71. The minimum absolute atomic E-state index is 0.279. The Morgan fingerprint density at radius 1 is 1.21 bits per heavy atom. The molecule has 3 atom stereocenters. The van der Waals surface area contributed by atoms with E-state index in [0.29, 0.717) is 12.2 Å². The zero-order valence-electron chi connectivity index (χ0n) is 8.90. The van der Waals surface area contributed by atoms with Crippen molar-refractivity contribution in [2.75, 3.05) is 20.0 Å². The maximum Gasteiger partial charge on any atom is 0.314 e. The van der Waals surface area contributed by atoms with E-state index in [-0.39, 0.29) is 11.5 Å². The van der Waals surface area contributed by atoms with Crippen LogP contribution in [0.15, 0.2) is 0 Å². The molecule has 1 heterocycles. The Balaban J connectivity index is 1.64. The summed E-state index contributed by atoms with van der Waals surface area (Å²) in [5, 5.41) is 0. The molecule has 14 heavy (non-hydrogen) atoms. The van der Waals surface area contributed by atoms with Gasteiger partial charge in [-0.25, -0.2) is 0 Å². The molecule has 0 aromatic heterocycles. The Hall–Kier alpha value is 0.230. The first-order chi connectivity index (χ1) is 6.83. The van der Waals surface area contributed by atoms with Crippen molar-refractivity contribution in [3.8, 4) is 0 Å². The van der Waals surface area contributed by atoms with E-state index in [1.165, 1.54) is 25.7 Å². The van der Waals surface area contributed by atoms with Gasteiger partial charge in [-0.2, -0.15) is 0 Å². The third kappa shape index (κ3) is 2.63. The molecular weight excluding hydrogens is 200 g/mol. The van der Waals surface area contributed by atoms with Crippen LogP contribution in [0.25, 0.3) is 0 Å². The summed E-state index contributed by atoms with van der Waals surface area (Å²) in [6, 6.07) is 0. The van der Waals surface area contributed by atoms with Gasteiger partial charge in [0.05, 0.1) is 26.4 Å². The van der Waals surface area contributed by atoms with Crippen molar-refractivity contribution < 1.29 is 13.1 Å². The average Bonchev–Trinajstić information content (AvgIpc) is 2.97. The molecule has 3 unspecified atom stereocenters. The molecule has 0 aromatic rings. The lowest BCUT2D eigenvalue weighted by Gasteiger charge is -2.16. The summed E-state index contributed by atoms with van der Waals surface area (Å²) in [5.74, 6) is 1.87. The SMILES string of the molecule is CO[S+](CCC1CCC2OC2C1)OC. The largest absolute Gasteiger partial charge is 0.370 e. The summed E-state index contributed by atoms with van der Waals surface area (Å²) in [6.07, 6.45) is 6.29. The zero-order valence-corrected chi connectivity index (χ0v) is 9.72. The van der Waals surface area contributed by atoms with E-state index < -0.39 is 0 Å². The lowest BCUT2D eigenvalue weighted by atomic mass is 9.88. The molecule has 1 aliphatic heterocycles. The molecule has 0 spiro atoms. The summed E-state index contributed by atoms with van der Waals surface area (Å²) >= 11 is -0.279. The smallest absolute Gasteiger partial charge is 0.314 e. The van der Waals surface area contributed by atoms with Crippen LogP contribution in [0.5, 0.6) is 0 Å². The van der Waals surface area contributed by atoms with Crippen LogP contribution in [-0.2, 0) is 24.6 Å². The molecule has 0 radical (unpaired) electrons. The quantitative estimate of drug-likeness (QED) is 0.521. The maximum absolute atomic E-state index is 5.51. The van der Waals surface area contributed by atoms with Gasteiger partial charge in [-0.15, -0.1) is 8.37 Å². The summed E-state index contributed by atoms with van der Waals surface area (Å²) in [5.41, 5.74) is 0. The second-order valence-corrected chi connectivity index (χ2v) is 5.70. The molecular formula is C10H19O3S+. The summed E-state index contributed by atoms with van der Waals surface area (Å²) in [4.78, 5) is 0. The molecule has 1 saturated carbocycles. The van der Waals surface area contributed by atoms with E-state index in [9.17, 15) is 0 Å². The van der Waals surface area contributed by atoms with Crippen molar-refractivity contribution in [3.63, 3.8) is 0 Å². The Labute approximate surface area is 88.9 Å². The van der Waals surface area contributed by atoms with Crippen molar-refractivity contribution in [1.82, 2.24) is 0 Å². The van der Waals surface area contributed by atoms with Gasteiger partial charge in [-0.3, -0.25) is 0 Å². The van der Waals surface area contributed by atoms with Crippen LogP contribution in [-0.4, -0.2) is 32.2 Å². The van der Waals surface area contributed by atoms with E-state index >= 15 is 0 Å². The van der Waals surface area contributed by atoms with E-state index in [0.717, 1.165) is 11.7 Å². The van der Waals surface area contributed by atoms with Gasteiger partial charge >= 0.3 is 11.5 Å². The van der Waals surface area contributed by atoms with Crippen molar-refractivity contribution in [3.05, 3.63) is 0 Å². The fourth-order valence-electron chi connectivity index (χ4n) is 2.25. The highest BCUT2D eigenvalue weighted by atomic mass is 32.2. The fraction of sp³-hybridized carbons (Fsp3) is 1.00. The van der Waals surface area contributed by atoms with Crippen LogP contribution in [0.3, 0.4) is 0 Å². The van der Waals surface area contributed by atoms with Gasteiger partial charge in [0.15, 0.2) is 5.75 Å². The molecule has 4 heteroatoms. The maximum atomic E-state index is 5.51. The summed E-state index contributed by atoms with van der Waals surface area (Å²) in [7, 11) is 3.43. The molecule has 0 N–H and O–H groups in total. The van der Waals surface area contributed by atoms with Crippen LogP contribution in [0.1, 0.15) is 25.7 Å².